The summed E-state index contributed by atoms with van der Waals surface area (Å²) in [5.41, 5.74) is 0.470. The van der Waals surface area contributed by atoms with E-state index in [1.807, 2.05) is 0 Å². The highest BCUT2D eigenvalue weighted by molar-refractivity contribution is 9.10. The van der Waals surface area contributed by atoms with Crippen LogP contribution in [0.2, 0.25) is 5.02 Å². The number of halogens is 2. The van der Waals surface area contributed by atoms with Gasteiger partial charge in [0, 0.05) is 0 Å². The number of hydrogen-bond donors (Lipinski definition) is 3. The highest BCUT2D eigenvalue weighted by Crippen LogP contribution is 2.29. The van der Waals surface area contributed by atoms with E-state index >= 15 is 0 Å². The molecule has 3 N–H and O–H groups in total. The summed E-state index contributed by atoms with van der Waals surface area (Å²) in [5.74, 6) is -1.29. The van der Waals surface area contributed by atoms with Crippen molar-refractivity contribution < 1.29 is 14.7 Å². The van der Waals surface area contributed by atoms with Gasteiger partial charge in [-0.3, -0.25) is 0 Å². The van der Waals surface area contributed by atoms with Crippen molar-refractivity contribution in [3.05, 3.63) is 27.7 Å². The first kappa shape index (κ1) is 15.8. The quantitative estimate of drug-likeness (QED) is 0.780. The van der Waals surface area contributed by atoms with Crippen molar-refractivity contribution in [1.29, 1.82) is 0 Å². The molecular formula is C12H14BrClN2O3. The fourth-order valence-electron chi connectivity index (χ4n) is 1.41. The van der Waals surface area contributed by atoms with E-state index in [1.165, 1.54) is 0 Å². The summed E-state index contributed by atoms with van der Waals surface area (Å²) >= 11 is 9.13. The zero-order valence-electron chi connectivity index (χ0n) is 10.4. The Kier molecular flexibility index (Phi) is 5.62. The maximum absolute atomic E-state index is 11.7. The lowest BCUT2D eigenvalue weighted by atomic mass is 10.1. The molecule has 0 fully saturated rings. The number of carboxylic acids is 1. The van der Waals surface area contributed by atoms with E-state index in [-0.39, 0.29) is 5.92 Å². The van der Waals surface area contributed by atoms with Crippen LogP contribution >= 0.6 is 27.5 Å². The van der Waals surface area contributed by atoms with Gasteiger partial charge >= 0.3 is 12.0 Å². The molecule has 0 heterocycles. The van der Waals surface area contributed by atoms with Crippen LogP contribution in [0.4, 0.5) is 10.5 Å². The molecule has 5 nitrogen and oxygen atoms in total. The summed E-state index contributed by atoms with van der Waals surface area (Å²) in [5, 5.41) is 14.4. The Bertz CT molecular complexity index is 494. The van der Waals surface area contributed by atoms with Crippen LogP contribution in [-0.4, -0.2) is 23.1 Å². The second-order valence-electron chi connectivity index (χ2n) is 4.26. The predicted molar refractivity (Wildman–Crippen MR) is 77.6 cm³/mol. The highest BCUT2D eigenvalue weighted by atomic mass is 79.9. The van der Waals surface area contributed by atoms with Crippen molar-refractivity contribution in [2.45, 2.75) is 19.9 Å². The maximum atomic E-state index is 11.7. The Hall–Kier alpha value is -1.27. The van der Waals surface area contributed by atoms with Gasteiger partial charge in [0.05, 0.1) is 15.2 Å². The van der Waals surface area contributed by atoms with Crippen LogP contribution in [0.5, 0.6) is 0 Å². The lowest BCUT2D eigenvalue weighted by molar-refractivity contribution is -0.140. The largest absolute Gasteiger partial charge is 0.480 e. The molecule has 1 rings (SSSR count). The summed E-state index contributed by atoms with van der Waals surface area (Å²) < 4.78 is 0.545. The van der Waals surface area contributed by atoms with E-state index in [4.69, 9.17) is 16.7 Å². The lowest BCUT2D eigenvalue weighted by Gasteiger charge is -2.18. The standard InChI is InChI=1S/C12H14BrClN2O3/c1-6(2)10(11(17)18)16-12(19)15-8-5-3-4-7(14)9(8)13/h3-6,10H,1-2H3,(H,17,18)(H2,15,16,19)/t10-/m1/s1. The van der Waals surface area contributed by atoms with Crippen molar-refractivity contribution in [2.24, 2.45) is 5.92 Å². The topological polar surface area (TPSA) is 78.4 Å². The SMILES string of the molecule is CC(C)[C@@H](NC(=O)Nc1cccc(Cl)c1Br)C(=O)O. The van der Waals surface area contributed by atoms with Crippen LogP contribution in [0.25, 0.3) is 0 Å². The predicted octanol–water partition coefficient (Wildman–Crippen LogP) is 3.33. The first-order chi connectivity index (χ1) is 8.82. The van der Waals surface area contributed by atoms with Gasteiger partial charge in [-0.05, 0) is 34.0 Å². The molecule has 0 saturated carbocycles. The summed E-state index contributed by atoms with van der Waals surface area (Å²) in [6, 6.07) is 3.46. The number of aliphatic carboxylic acids is 1. The average Bonchev–Trinajstić information content (AvgIpc) is 2.31. The molecule has 104 valence electrons. The summed E-state index contributed by atoms with van der Waals surface area (Å²) in [7, 11) is 0. The summed E-state index contributed by atoms with van der Waals surface area (Å²) in [6.45, 7) is 3.43. The minimum atomic E-state index is -1.07. The molecule has 19 heavy (non-hydrogen) atoms. The average molecular weight is 350 g/mol. The molecule has 0 aromatic heterocycles. The number of amides is 2. The monoisotopic (exact) mass is 348 g/mol. The number of anilines is 1. The van der Waals surface area contributed by atoms with Gasteiger partial charge in [-0.1, -0.05) is 31.5 Å². The second-order valence-corrected chi connectivity index (χ2v) is 5.46. The summed E-state index contributed by atoms with van der Waals surface area (Å²) in [6.07, 6.45) is 0. The molecule has 0 aliphatic rings. The first-order valence-corrected chi connectivity index (χ1v) is 6.74. The molecule has 0 aliphatic heterocycles. The smallest absolute Gasteiger partial charge is 0.326 e. The van der Waals surface area contributed by atoms with E-state index in [0.717, 1.165) is 0 Å². The van der Waals surface area contributed by atoms with Crippen molar-refractivity contribution in [3.8, 4) is 0 Å². The Morgan fingerprint density at radius 2 is 2.00 bits per heavy atom. The van der Waals surface area contributed by atoms with Gasteiger partial charge in [0.25, 0.3) is 0 Å². The van der Waals surface area contributed by atoms with Crippen molar-refractivity contribution in [1.82, 2.24) is 5.32 Å². The number of carbonyl (C=O) groups is 2. The third-order valence-electron chi connectivity index (χ3n) is 2.42. The Balaban J connectivity index is 2.75. The molecule has 1 aromatic rings. The van der Waals surface area contributed by atoms with Gasteiger partial charge in [-0.2, -0.15) is 0 Å². The normalized spacial score (nSPS) is 12.1. The number of carboxylic acid groups (broad SMARTS) is 1. The minimum absolute atomic E-state index is 0.217. The van der Waals surface area contributed by atoms with Crippen LogP contribution < -0.4 is 10.6 Å². The number of nitrogens with one attached hydrogen (secondary N) is 2. The molecule has 1 aromatic carbocycles. The van der Waals surface area contributed by atoms with E-state index in [0.29, 0.717) is 15.2 Å². The molecule has 0 radical (unpaired) electrons. The molecule has 2 amide bonds. The number of hydrogen-bond acceptors (Lipinski definition) is 2. The molecule has 0 aliphatic carbocycles. The van der Waals surface area contributed by atoms with Crippen LogP contribution in [0.1, 0.15) is 13.8 Å². The van der Waals surface area contributed by atoms with E-state index in [9.17, 15) is 9.59 Å². The van der Waals surface area contributed by atoms with Crippen LogP contribution in [0.3, 0.4) is 0 Å². The van der Waals surface area contributed by atoms with Gasteiger partial charge < -0.3 is 15.7 Å². The fraction of sp³-hybridized carbons (Fsp3) is 0.333. The van der Waals surface area contributed by atoms with Gasteiger partial charge in [0.1, 0.15) is 6.04 Å². The highest BCUT2D eigenvalue weighted by Gasteiger charge is 2.23. The molecular weight excluding hydrogens is 336 g/mol. The van der Waals surface area contributed by atoms with Crippen LogP contribution in [-0.2, 0) is 4.79 Å². The number of benzene rings is 1. The fourth-order valence-corrected chi connectivity index (χ4v) is 1.95. The third kappa shape index (κ3) is 4.40. The van der Waals surface area contributed by atoms with E-state index in [1.54, 1.807) is 32.0 Å². The number of carbonyl (C=O) groups excluding carboxylic acids is 1. The van der Waals surface area contributed by atoms with E-state index in [2.05, 4.69) is 26.6 Å². The molecule has 7 heteroatoms. The van der Waals surface area contributed by atoms with E-state index < -0.39 is 18.0 Å². The number of rotatable bonds is 4. The van der Waals surface area contributed by atoms with Gasteiger partial charge in [0.2, 0.25) is 0 Å². The molecule has 0 bridgehead atoms. The number of urea groups is 1. The molecule has 0 saturated heterocycles. The van der Waals surface area contributed by atoms with Gasteiger partial charge in [-0.25, -0.2) is 9.59 Å². The zero-order chi connectivity index (χ0) is 14.6. The van der Waals surface area contributed by atoms with Gasteiger partial charge in [0.15, 0.2) is 0 Å². The van der Waals surface area contributed by atoms with Crippen LogP contribution in [0.15, 0.2) is 22.7 Å². The zero-order valence-corrected chi connectivity index (χ0v) is 12.7. The Labute approximate surface area is 124 Å². The lowest BCUT2D eigenvalue weighted by Crippen LogP contribution is -2.46. The molecule has 0 unspecified atom stereocenters. The van der Waals surface area contributed by atoms with Crippen molar-refractivity contribution in [2.75, 3.05) is 5.32 Å². The minimum Gasteiger partial charge on any atom is -0.480 e. The Morgan fingerprint density at radius 1 is 1.37 bits per heavy atom. The van der Waals surface area contributed by atoms with Crippen molar-refractivity contribution in [3.63, 3.8) is 0 Å². The summed E-state index contributed by atoms with van der Waals surface area (Å²) in [4.78, 5) is 22.7. The Morgan fingerprint density at radius 3 is 2.53 bits per heavy atom. The molecule has 0 spiro atoms. The first-order valence-electron chi connectivity index (χ1n) is 5.57. The van der Waals surface area contributed by atoms with Crippen molar-refractivity contribution >= 4 is 45.2 Å². The van der Waals surface area contributed by atoms with Crippen LogP contribution in [0, 0.1) is 5.92 Å². The molecule has 1 atom stereocenters. The third-order valence-corrected chi connectivity index (χ3v) is 3.82. The second kappa shape index (κ2) is 6.77. The maximum Gasteiger partial charge on any atom is 0.326 e. The van der Waals surface area contributed by atoms with Gasteiger partial charge in [-0.15, -0.1) is 0 Å².